The minimum Gasteiger partial charge on any atom is -0.497 e. The van der Waals surface area contributed by atoms with Crippen LogP contribution in [0, 0.1) is 5.92 Å². The molecule has 4 fully saturated rings. The lowest BCUT2D eigenvalue weighted by atomic mass is 10.0. The maximum atomic E-state index is 14.6. The number of sulfonamides is 1. The van der Waals surface area contributed by atoms with Crippen LogP contribution in [0.15, 0.2) is 42.5 Å². The summed E-state index contributed by atoms with van der Waals surface area (Å²) in [6.45, 7) is 1.75. The first-order valence-corrected chi connectivity index (χ1v) is 20.4. The average Bonchev–Trinajstić information content (AvgIpc) is 3.94. The van der Waals surface area contributed by atoms with Crippen LogP contribution in [-0.2, 0) is 24.4 Å². The van der Waals surface area contributed by atoms with Crippen molar-refractivity contribution in [2.75, 3.05) is 26.1 Å². The number of benzene rings is 2. The highest BCUT2D eigenvalue weighted by Crippen LogP contribution is 2.49. The van der Waals surface area contributed by atoms with E-state index in [0.29, 0.717) is 48.8 Å². The van der Waals surface area contributed by atoms with E-state index in [2.05, 4.69) is 20.3 Å². The number of anilines is 1. The number of carbonyl (C=O) groups excluding carboxylic acids is 3. The monoisotopic (exact) mass is 753 g/mol. The van der Waals surface area contributed by atoms with Gasteiger partial charge in [0.05, 0.1) is 35.7 Å². The van der Waals surface area contributed by atoms with Crippen molar-refractivity contribution in [3.05, 3.63) is 42.5 Å². The second-order valence-electron chi connectivity index (χ2n) is 14.8. The van der Waals surface area contributed by atoms with Gasteiger partial charge in [-0.1, -0.05) is 49.5 Å². The molecule has 15 heteroatoms. The maximum Gasteiger partial charge on any atom is 0.274 e. The van der Waals surface area contributed by atoms with E-state index in [9.17, 15) is 22.8 Å². The number of fused-ring (bicyclic) bond motifs is 3. The van der Waals surface area contributed by atoms with E-state index in [-0.39, 0.29) is 24.8 Å². The summed E-state index contributed by atoms with van der Waals surface area (Å²) < 4.78 is 45.6. The number of thiazole rings is 1. The Kier molecular flexibility index (Phi) is 10.0. The zero-order valence-corrected chi connectivity index (χ0v) is 31.4. The van der Waals surface area contributed by atoms with E-state index >= 15 is 0 Å². The lowest BCUT2D eigenvalue weighted by molar-refractivity contribution is -0.140. The zero-order valence-electron chi connectivity index (χ0n) is 29.8. The van der Waals surface area contributed by atoms with Crippen molar-refractivity contribution in [2.45, 2.75) is 106 Å². The van der Waals surface area contributed by atoms with Crippen molar-refractivity contribution in [3.63, 3.8) is 0 Å². The van der Waals surface area contributed by atoms with Crippen LogP contribution in [0.1, 0.15) is 77.6 Å². The highest BCUT2D eigenvalue weighted by Gasteiger charge is 2.63. The van der Waals surface area contributed by atoms with Gasteiger partial charge in [-0.25, -0.2) is 13.4 Å². The van der Waals surface area contributed by atoms with Crippen molar-refractivity contribution < 1.29 is 37.0 Å². The van der Waals surface area contributed by atoms with Gasteiger partial charge in [-0.3, -0.25) is 19.1 Å². The molecule has 4 aliphatic rings. The summed E-state index contributed by atoms with van der Waals surface area (Å²) >= 11 is 1.35. The van der Waals surface area contributed by atoms with E-state index in [1.54, 1.807) is 26.0 Å². The molecule has 0 unspecified atom stereocenters. The van der Waals surface area contributed by atoms with E-state index in [4.69, 9.17) is 14.2 Å². The largest absolute Gasteiger partial charge is 0.497 e. The lowest BCUT2D eigenvalue weighted by Gasteiger charge is -2.30. The number of rotatable bonds is 9. The number of ether oxygens (including phenoxy) is 3. The molecule has 0 bridgehead atoms. The summed E-state index contributed by atoms with van der Waals surface area (Å²) in [6.07, 6.45) is 6.62. The van der Waals surface area contributed by atoms with Crippen molar-refractivity contribution >= 4 is 55.0 Å². The SMILES string of the molecule is COc1cccc(N[C@H]2CCCCCCC[C@@H]3C[C@@]3(C(=O)NS(=O)(=O)C3(C)CC3)NC(=O)[C@@H]3C[C@@H](Oc4nc5ccc(OC)cc5s4)CN3C2=O)c1. The number of hydrogen-bond donors (Lipinski definition) is 3. The van der Waals surface area contributed by atoms with Crippen LogP contribution in [0.4, 0.5) is 5.69 Å². The van der Waals surface area contributed by atoms with Crippen LogP contribution in [0.5, 0.6) is 16.7 Å². The highest BCUT2D eigenvalue weighted by atomic mass is 32.2. The lowest BCUT2D eigenvalue weighted by Crippen LogP contribution is -2.58. The quantitative estimate of drug-likeness (QED) is 0.278. The summed E-state index contributed by atoms with van der Waals surface area (Å²) in [7, 11) is -0.739. The number of methoxy groups -OCH3 is 2. The molecule has 3 N–H and O–H groups in total. The first kappa shape index (κ1) is 36.3. The van der Waals surface area contributed by atoms with Crippen LogP contribution >= 0.6 is 11.3 Å². The molecule has 1 aromatic heterocycles. The molecular formula is C37H47N5O8S2. The minimum absolute atomic E-state index is 0.127. The van der Waals surface area contributed by atoms with Crippen LogP contribution in [0.2, 0.25) is 0 Å². The summed E-state index contributed by atoms with van der Waals surface area (Å²) in [6, 6.07) is 11.3. The molecule has 2 aliphatic carbocycles. The number of nitrogens with zero attached hydrogens (tertiary/aromatic N) is 2. The fourth-order valence-electron chi connectivity index (χ4n) is 7.47. The van der Waals surface area contributed by atoms with Gasteiger partial charge in [0.15, 0.2) is 0 Å². The van der Waals surface area contributed by atoms with Crippen molar-refractivity contribution in [1.29, 1.82) is 0 Å². The maximum absolute atomic E-state index is 14.6. The molecule has 3 aromatic rings. The van der Waals surface area contributed by atoms with Gasteiger partial charge in [0.2, 0.25) is 21.8 Å². The van der Waals surface area contributed by atoms with Gasteiger partial charge in [-0.05, 0) is 75.3 Å². The van der Waals surface area contributed by atoms with Crippen LogP contribution in [0.25, 0.3) is 10.2 Å². The van der Waals surface area contributed by atoms with Gasteiger partial charge >= 0.3 is 0 Å². The third-order valence-electron chi connectivity index (χ3n) is 11.1. The third kappa shape index (κ3) is 7.39. The molecule has 2 aromatic carbocycles. The Bertz CT molecular complexity index is 1950. The third-order valence-corrected chi connectivity index (χ3v) is 14.2. The van der Waals surface area contributed by atoms with Crippen molar-refractivity contribution in [3.8, 4) is 16.7 Å². The molecule has 13 nitrogen and oxygen atoms in total. The standard InChI is InChI=1S/C37H47N5O8S2/c1-36(16-17-36)52(46,47)41-34(45)37-21-23(37)10-7-5-4-6-8-13-29(38-24-11-9-12-25(18-24)48-2)33(44)42-22-27(19-30(42)32(43)40-37)50-35-39-28-15-14-26(49-3)20-31(28)51-35/h9,11-12,14-15,18,20,23,27,29-30,38H,4-8,10,13,16-17,19,21-22H2,1-3H3,(H,40,43)(H,41,45)/t23-,27-,29+,30+,37-/m1/s1. The first-order valence-electron chi connectivity index (χ1n) is 18.1. The molecule has 3 amide bonds. The molecule has 7 rings (SSSR count). The summed E-state index contributed by atoms with van der Waals surface area (Å²) in [5.74, 6) is -0.320. The predicted octanol–water partition coefficient (Wildman–Crippen LogP) is 4.76. The number of nitrogens with one attached hydrogen (secondary N) is 3. The van der Waals surface area contributed by atoms with Gasteiger partial charge in [-0.15, -0.1) is 0 Å². The number of carbonyl (C=O) groups is 3. The van der Waals surface area contributed by atoms with E-state index in [0.717, 1.165) is 48.0 Å². The van der Waals surface area contributed by atoms with E-state index in [1.807, 2.05) is 42.5 Å². The second-order valence-corrected chi connectivity index (χ2v) is 18.0. The molecule has 52 heavy (non-hydrogen) atoms. The van der Waals surface area contributed by atoms with Gasteiger partial charge in [0, 0.05) is 18.2 Å². The number of aromatic nitrogens is 1. The number of hydrogen-bond acceptors (Lipinski definition) is 11. The molecule has 3 heterocycles. The Morgan fingerprint density at radius 1 is 1.00 bits per heavy atom. The first-order chi connectivity index (χ1) is 24.9. The molecule has 280 valence electrons. The summed E-state index contributed by atoms with van der Waals surface area (Å²) in [5.41, 5.74) is 0.0939. The van der Waals surface area contributed by atoms with Crippen LogP contribution < -0.4 is 29.6 Å². The topological polar surface area (TPSA) is 165 Å². The Morgan fingerprint density at radius 2 is 1.73 bits per heavy atom. The van der Waals surface area contributed by atoms with Gasteiger partial charge in [0.1, 0.15) is 35.2 Å². The van der Waals surface area contributed by atoms with E-state index in [1.165, 1.54) is 11.3 Å². The average molecular weight is 754 g/mol. The predicted molar refractivity (Wildman–Crippen MR) is 197 cm³/mol. The fraction of sp³-hybridized carbons (Fsp3) is 0.568. The fourth-order valence-corrected chi connectivity index (χ4v) is 9.69. The molecule has 0 spiro atoms. The molecule has 2 saturated heterocycles. The van der Waals surface area contributed by atoms with Gasteiger partial charge < -0.3 is 29.7 Å². The number of amides is 3. The van der Waals surface area contributed by atoms with Crippen LogP contribution in [-0.4, -0.2) is 85.3 Å². The normalized spacial score (nSPS) is 27.6. The molecule has 5 atom stereocenters. The van der Waals surface area contributed by atoms with E-state index < -0.39 is 50.3 Å². The molecule has 0 radical (unpaired) electrons. The molecular weight excluding hydrogens is 707 g/mol. The Morgan fingerprint density at radius 3 is 2.48 bits per heavy atom. The zero-order chi connectivity index (χ0) is 36.7. The summed E-state index contributed by atoms with van der Waals surface area (Å²) in [4.78, 5) is 49.0. The minimum atomic E-state index is -3.92. The van der Waals surface area contributed by atoms with Gasteiger partial charge in [0.25, 0.3) is 11.1 Å². The van der Waals surface area contributed by atoms with Crippen molar-refractivity contribution in [2.24, 2.45) is 5.92 Å². The summed E-state index contributed by atoms with van der Waals surface area (Å²) in [5, 5.41) is 6.81. The Hall–Kier alpha value is -4.11. The highest BCUT2D eigenvalue weighted by molar-refractivity contribution is 7.91. The Labute approximate surface area is 308 Å². The smallest absolute Gasteiger partial charge is 0.274 e. The second kappa shape index (κ2) is 14.4. The van der Waals surface area contributed by atoms with Crippen molar-refractivity contribution in [1.82, 2.24) is 19.9 Å². The van der Waals surface area contributed by atoms with Gasteiger partial charge in [-0.2, -0.15) is 0 Å². The molecule has 2 aliphatic heterocycles. The Balaban J connectivity index is 1.18. The van der Waals surface area contributed by atoms with Crippen LogP contribution in [0.3, 0.4) is 0 Å². The molecule has 2 saturated carbocycles.